The lowest BCUT2D eigenvalue weighted by Gasteiger charge is -2.17. The van der Waals surface area contributed by atoms with Gasteiger partial charge in [0.15, 0.2) is 0 Å². The predicted molar refractivity (Wildman–Crippen MR) is 53.9 cm³/mol. The minimum absolute atomic E-state index is 0.0400. The highest BCUT2D eigenvalue weighted by Crippen LogP contribution is 2.81. The molecule has 3 atom stereocenters. The summed E-state index contributed by atoms with van der Waals surface area (Å²) in [4.78, 5) is 0. The van der Waals surface area contributed by atoms with E-state index in [-0.39, 0.29) is 5.41 Å². The molecule has 0 radical (unpaired) electrons. The molecule has 1 saturated heterocycles. The molecule has 0 amide bonds. The SMILES string of the molecule is CCP1(=O)C[C@H]2C(Cl)(Cl)[C@@]2(C)C1. The molecule has 12 heavy (non-hydrogen) atoms. The van der Waals surface area contributed by atoms with Crippen molar-refractivity contribution in [3.63, 3.8) is 0 Å². The summed E-state index contributed by atoms with van der Waals surface area (Å²) in [6.07, 6.45) is 2.34. The van der Waals surface area contributed by atoms with Crippen molar-refractivity contribution in [2.45, 2.75) is 18.2 Å². The molecule has 4 heteroatoms. The minimum Gasteiger partial charge on any atom is -0.324 e. The van der Waals surface area contributed by atoms with Crippen LogP contribution in [0.25, 0.3) is 0 Å². The summed E-state index contributed by atoms with van der Waals surface area (Å²) >= 11 is 12.2. The Kier molecular flexibility index (Phi) is 1.75. The number of halogens is 2. The van der Waals surface area contributed by atoms with Gasteiger partial charge in [-0.25, -0.2) is 0 Å². The second kappa shape index (κ2) is 2.24. The average Bonchev–Trinajstić information content (AvgIpc) is 2.27. The van der Waals surface area contributed by atoms with E-state index < -0.39 is 11.5 Å². The smallest absolute Gasteiger partial charge is 0.128 e. The van der Waals surface area contributed by atoms with Gasteiger partial charge < -0.3 is 4.57 Å². The molecule has 1 aliphatic carbocycles. The Morgan fingerprint density at radius 3 is 2.50 bits per heavy atom. The number of fused-ring (bicyclic) bond motifs is 1. The second-order valence-electron chi connectivity index (χ2n) is 4.31. The molecule has 1 nitrogen and oxygen atoms in total. The molecule has 1 aliphatic heterocycles. The molecule has 0 aromatic carbocycles. The zero-order chi connectivity index (χ0) is 9.20. The van der Waals surface area contributed by atoms with E-state index in [1.54, 1.807) is 0 Å². The van der Waals surface area contributed by atoms with Crippen molar-refractivity contribution >= 4 is 30.3 Å². The first kappa shape index (κ1) is 9.37. The molecule has 0 aromatic rings. The maximum Gasteiger partial charge on any atom is 0.128 e. The molecule has 1 heterocycles. The Balaban J connectivity index is 2.22. The van der Waals surface area contributed by atoms with Gasteiger partial charge in [-0.2, -0.15) is 0 Å². The van der Waals surface area contributed by atoms with E-state index in [0.29, 0.717) is 5.92 Å². The van der Waals surface area contributed by atoms with E-state index in [2.05, 4.69) is 6.92 Å². The monoisotopic (exact) mass is 226 g/mol. The first-order valence-corrected chi connectivity index (χ1v) is 7.32. The van der Waals surface area contributed by atoms with Crippen molar-refractivity contribution < 1.29 is 4.57 Å². The Bertz CT molecular complexity index is 276. The van der Waals surface area contributed by atoms with Crippen LogP contribution in [0, 0.1) is 11.3 Å². The van der Waals surface area contributed by atoms with Crippen LogP contribution in [0.4, 0.5) is 0 Å². The van der Waals surface area contributed by atoms with E-state index in [0.717, 1.165) is 18.5 Å². The van der Waals surface area contributed by atoms with E-state index in [1.165, 1.54) is 0 Å². The lowest BCUT2D eigenvalue weighted by Crippen LogP contribution is -2.11. The predicted octanol–water partition coefficient (Wildman–Crippen LogP) is 3.19. The van der Waals surface area contributed by atoms with Gasteiger partial charge in [0.25, 0.3) is 0 Å². The molecule has 2 rings (SSSR count). The molecule has 0 N–H and O–H groups in total. The fraction of sp³-hybridized carbons (Fsp3) is 1.00. The van der Waals surface area contributed by atoms with Gasteiger partial charge in [0, 0.05) is 23.7 Å². The minimum atomic E-state index is -1.87. The third kappa shape index (κ3) is 0.910. The van der Waals surface area contributed by atoms with Gasteiger partial charge >= 0.3 is 0 Å². The Labute approximate surface area is 83.2 Å². The number of alkyl halides is 2. The highest BCUT2D eigenvalue weighted by Gasteiger charge is 2.78. The molecular weight excluding hydrogens is 214 g/mol. The van der Waals surface area contributed by atoms with Gasteiger partial charge in [-0.1, -0.05) is 13.8 Å². The van der Waals surface area contributed by atoms with Crippen LogP contribution in [0.1, 0.15) is 13.8 Å². The molecule has 1 unspecified atom stereocenters. The topological polar surface area (TPSA) is 17.1 Å². The van der Waals surface area contributed by atoms with Crippen molar-refractivity contribution in [1.29, 1.82) is 0 Å². The number of hydrogen-bond donors (Lipinski definition) is 0. The first-order valence-electron chi connectivity index (χ1n) is 4.31. The van der Waals surface area contributed by atoms with Crippen LogP contribution in [-0.2, 0) is 4.57 Å². The highest BCUT2D eigenvalue weighted by atomic mass is 35.5. The van der Waals surface area contributed by atoms with Crippen molar-refractivity contribution in [2.24, 2.45) is 11.3 Å². The van der Waals surface area contributed by atoms with E-state index in [9.17, 15) is 4.57 Å². The summed E-state index contributed by atoms with van der Waals surface area (Å²) in [6, 6.07) is 0. The van der Waals surface area contributed by atoms with Gasteiger partial charge in [-0.05, 0) is 6.16 Å². The molecule has 70 valence electrons. The fourth-order valence-electron chi connectivity index (χ4n) is 2.44. The largest absolute Gasteiger partial charge is 0.324 e. The zero-order valence-electron chi connectivity index (χ0n) is 7.31. The third-order valence-electron chi connectivity index (χ3n) is 3.59. The summed E-state index contributed by atoms with van der Waals surface area (Å²) in [5, 5.41) is 0. The lowest BCUT2D eigenvalue weighted by atomic mass is 10.1. The molecule has 0 spiro atoms. The van der Waals surface area contributed by atoms with Gasteiger partial charge in [-0.15, -0.1) is 23.2 Å². The number of rotatable bonds is 1. The molecule has 2 aliphatic rings. The van der Waals surface area contributed by atoms with Crippen LogP contribution in [0.15, 0.2) is 0 Å². The fourth-order valence-corrected chi connectivity index (χ4v) is 7.39. The molecule has 0 bridgehead atoms. The third-order valence-corrected chi connectivity index (χ3v) is 8.40. The Morgan fingerprint density at radius 2 is 2.17 bits per heavy atom. The van der Waals surface area contributed by atoms with Crippen molar-refractivity contribution in [3.8, 4) is 0 Å². The lowest BCUT2D eigenvalue weighted by molar-refractivity contribution is 0.566. The van der Waals surface area contributed by atoms with E-state index in [1.807, 2.05) is 6.92 Å². The molecule has 1 saturated carbocycles. The molecular formula is C8H13Cl2OP. The van der Waals surface area contributed by atoms with Crippen molar-refractivity contribution in [2.75, 3.05) is 18.5 Å². The zero-order valence-corrected chi connectivity index (χ0v) is 9.72. The second-order valence-corrected chi connectivity index (χ2v) is 9.12. The highest BCUT2D eigenvalue weighted by molar-refractivity contribution is 7.64. The van der Waals surface area contributed by atoms with Gasteiger partial charge in [-0.3, -0.25) is 0 Å². The summed E-state index contributed by atoms with van der Waals surface area (Å²) in [5.74, 6) is 0.291. The average molecular weight is 227 g/mol. The van der Waals surface area contributed by atoms with Crippen LogP contribution in [-0.4, -0.2) is 22.8 Å². The summed E-state index contributed by atoms with van der Waals surface area (Å²) in [7, 11) is -1.87. The normalized spacial score (nSPS) is 55.2. The molecule has 2 fully saturated rings. The van der Waals surface area contributed by atoms with Crippen LogP contribution >= 0.6 is 30.3 Å². The first-order chi connectivity index (χ1) is 5.36. The summed E-state index contributed by atoms with van der Waals surface area (Å²) in [6.45, 7) is 4.06. The van der Waals surface area contributed by atoms with E-state index in [4.69, 9.17) is 23.2 Å². The van der Waals surface area contributed by atoms with Crippen molar-refractivity contribution in [3.05, 3.63) is 0 Å². The van der Waals surface area contributed by atoms with E-state index >= 15 is 0 Å². The van der Waals surface area contributed by atoms with Crippen LogP contribution in [0.3, 0.4) is 0 Å². The molecule has 0 aromatic heterocycles. The van der Waals surface area contributed by atoms with Gasteiger partial charge in [0.1, 0.15) is 4.33 Å². The van der Waals surface area contributed by atoms with Crippen LogP contribution in [0.5, 0.6) is 0 Å². The maximum atomic E-state index is 12.0. The maximum absolute atomic E-state index is 12.0. The van der Waals surface area contributed by atoms with Crippen LogP contribution < -0.4 is 0 Å². The van der Waals surface area contributed by atoms with Gasteiger partial charge in [0.05, 0.1) is 7.14 Å². The standard InChI is InChI=1S/C8H13Cl2OP/c1-3-12(11)4-6-7(2,5-12)8(6,9)10/h6H,3-5H2,1-2H3/t6-,7+,12?/m1/s1. The van der Waals surface area contributed by atoms with Gasteiger partial charge in [0.2, 0.25) is 0 Å². The summed E-state index contributed by atoms with van der Waals surface area (Å²) < 4.78 is 11.4. The van der Waals surface area contributed by atoms with Crippen molar-refractivity contribution in [1.82, 2.24) is 0 Å². The Morgan fingerprint density at radius 1 is 1.58 bits per heavy atom. The summed E-state index contributed by atoms with van der Waals surface area (Å²) in [5.41, 5.74) is -0.0400. The Hall–Kier alpha value is 0.810. The quantitative estimate of drug-likeness (QED) is 0.496. The van der Waals surface area contributed by atoms with Crippen LogP contribution in [0.2, 0.25) is 0 Å². The number of hydrogen-bond acceptors (Lipinski definition) is 1.